The first kappa shape index (κ1) is 20.8. The largest absolute Gasteiger partial charge is 0.502 e. The summed E-state index contributed by atoms with van der Waals surface area (Å²) in [4.78, 5) is 30.8. The molecule has 0 bridgehead atoms. The predicted octanol–water partition coefficient (Wildman–Crippen LogP) is 3.99. The Hall–Kier alpha value is -3.82. The molecule has 168 valence electrons. The van der Waals surface area contributed by atoms with Gasteiger partial charge in [-0.25, -0.2) is 4.99 Å². The third kappa shape index (κ3) is 3.24. The number of nitrogens with zero attached hydrogens (tertiary/aromatic N) is 3. The standard InChI is InChI=1S/C25H17N3O4S2/c29-19-10-7-14(12-18(19)28(31)32)13-21-24(30)27-23(20-6-3-11-33-20)17-9-8-15-4-1-2-5-16(15)22(17)26-25(27)34-21/h1-7,10-13,23,29H,8-9H2/b21-13+/t23-/m0/s1. The van der Waals surface area contributed by atoms with Gasteiger partial charge in [0.25, 0.3) is 5.56 Å². The molecule has 2 aromatic heterocycles. The zero-order valence-electron chi connectivity index (χ0n) is 17.7. The number of phenols is 1. The zero-order chi connectivity index (χ0) is 23.4. The monoisotopic (exact) mass is 487 g/mol. The van der Waals surface area contributed by atoms with Crippen molar-refractivity contribution in [3.63, 3.8) is 0 Å². The summed E-state index contributed by atoms with van der Waals surface area (Å²) in [7, 11) is 0. The van der Waals surface area contributed by atoms with Gasteiger partial charge in [-0.05, 0) is 53.1 Å². The number of rotatable bonds is 3. The van der Waals surface area contributed by atoms with Crippen LogP contribution in [0, 0.1) is 10.1 Å². The van der Waals surface area contributed by atoms with Crippen molar-refractivity contribution in [3.05, 3.63) is 117 Å². The Balaban J connectivity index is 1.59. The number of fused-ring (bicyclic) bond motifs is 3. The highest BCUT2D eigenvalue weighted by molar-refractivity contribution is 7.10. The van der Waals surface area contributed by atoms with E-state index in [4.69, 9.17) is 4.99 Å². The van der Waals surface area contributed by atoms with Gasteiger partial charge in [-0.2, -0.15) is 0 Å². The normalized spacial score (nSPS) is 17.1. The molecule has 4 aromatic rings. The number of nitro groups is 1. The summed E-state index contributed by atoms with van der Waals surface area (Å²) in [6, 6.07) is 16.2. The van der Waals surface area contributed by atoms with Crippen LogP contribution in [0.4, 0.5) is 5.69 Å². The van der Waals surface area contributed by atoms with Gasteiger partial charge >= 0.3 is 5.69 Å². The van der Waals surface area contributed by atoms with Gasteiger partial charge in [0.05, 0.1) is 21.2 Å². The van der Waals surface area contributed by atoms with Crippen molar-refractivity contribution in [2.24, 2.45) is 4.99 Å². The molecular formula is C25H17N3O4S2. The highest BCUT2D eigenvalue weighted by atomic mass is 32.1. The molecule has 1 N–H and O–H groups in total. The summed E-state index contributed by atoms with van der Waals surface area (Å²) in [6.07, 6.45) is 3.35. The molecule has 6 rings (SSSR count). The van der Waals surface area contributed by atoms with E-state index in [9.17, 15) is 20.0 Å². The maximum Gasteiger partial charge on any atom is 0.311 e. The SMILES string of the molecule is O=c1/c(=C\c2ccc(O)c([N+](=O)[O-])c2)sc2n1[C@H](c1cccs1)C1=C(N=2)c2ccccc2CC1. The van der Waals surface area contributed by atoms with Crippen LogP contribution in [0.2, 0.25) is 0 Å². The molecule has 0 saturated heterocycles. The highest BCUT2D eigenvalue weighted by Crippen LogP contribution is 2.42. The molecule has 7 nitrogen and oxygen atoms in total. The number of allylic oxidation sites excluding steroid dienone is 1. The molecule has 9 heteroatoms. The van der Waals surface area contributed by atoms with Gasteiger partial charge in [0.1, 0.15) is 0 Å². The van der Waals surface area contributed by atoms with Crippen molar-refractivity contribution in [1.82, 2.24) is 4.57 Å². The average Bonchev–Trinajstić information content (AvgIpc) is 3.47. The fraction of sp³-hybridized carbons (Fsp3) is 0.120. The van der Waals surface area contributed by atoms with Gasteiger partial charge in [-0.15, -0.1) is 11.3 Å². The van der Waals surface area contributed by atoms with Gasteiger partial charge < -0.3 is 5.11 Å². The number of hydrogen-bond acceptors (Lipinski definition) is 7. The lowest BCUT2D eigenvalue weighted by Crippen LogP contribution is -2.38. The molecule has 1 aliphatic carbocycles. The molecule has 0 saturated carbocycles. The van der Waals surface area contributed by atoms with Crippen LogP contribution in [0.3, 0.4) is 0 Å². The molecular weight excluding hydrogens is 470 g/mol. The molecule has 2 aliphatic rings. The summed E-state index contributed by atoms with van der Waals surface area (Å²) in [5.74, 6) is -0.410. The number of nitro benzene ring substituents is 1. The zero-order valence-corrected chi connectivity index (χ0v) is 19.3. The third-order valence-corrected chi connectivity index (χ3v) is 8.09. The quantitative estimate of drug-likeness (QED) is 0.349. The van der Waals surface area contributed by atoms with Gasteiger partial charge in [-0.3, -0.25) is 19.5 Å². The first-order valence-electron chi connectivity index (χ1n) is 10.6. The molecule has 0 radical (unpaired) electrons. The minimum absolute atomic E-state index is 0.178. The fourth-order valence-electron chi connectivity index (χ4n) is 4.65. The van der Waals surface area contributed by atoms with Gasteiger partial charge in [0.2, 0.25) is 0 Å². The van der Waals surface area contributed by atoms with Gasteiger partial charge in [0.15, 0.2) is 10.6 Å². The van der Waals surface area contributed by atoms with Crippen molar-refractivity contribution in [2.45, 2.75) is 18.9 Å². The summed E-state index contributed by atoms with van der Waals surface area (Å²) >= 11 is 2.89. The summed E-state index contributed by atoms with van der Waals surface area (Å²) in [6.45, 7) is 0. The number of hydrogen-bond donors (Lipinski definition) is 1. The first-order chi connectivity index (χ1) is 16.5. The number of thiophene rings is 1. The predicted molar refractivity (Wildman–Crippen MR) is 132 cm³/mol. The maximum atomic E-state index is 13.6. The van der Waals surface area contributed by atoms with Crippen LogP contribution in [-0.2, 0) is 6.42 Å². The Kier molecular flexibility index (Phi) is 4.82. The van der Waals surface area contributed by atoms with Crippen LogP contribution in [0.1, 0.15) is 34.0 Å². The molecule has 1 atom stereocenters. The van der Waals surface area contributed by atoms with E-state index < -0.39 is 16.4 Å². The van der Waals surface area contributed by atoms with E-state index in [2.05, 4.69) is 12.1 Å². The maximum absolute atomic E-state index is 13.6. The molecule has 2 aromatic carbocycles. The van der Waals surface area contributed by atoms with Crippen LogP contribution in [0.15, 0.2) is 75.3 Å². The summed E-state index contributed by atoms with van der Waals surface area (Å²) < 4.78 is 2.19. The van der Waals surface area contributed by atoms with Crippen molar-refractivity contribution >= 4 is 40.1 Å². The Morgan fingerprint density at radius 3 is 2.79 bits per heavy atom. The molecule has 0 unspecified atom stereocenters. The Labute approximate surface area is 201 Å². The van der Waals surface area contributed by atoms with Crippen molar-refractivity contribution in [3.8, 4) is 5.75 Å². The second-order valence-corrected chi connectivity index (χ2v) is 10.1. The third-order valence-electron chi connectivity index (χ3n) is 6.18. The van der Waals surface area contributed by atoms with E-state index in [-0.39, 0.29) is 11.6 Å². The smallest absolute Gasteiger partial charge is 0.311 e. The Bertz CT molecular complexity index is 1680. The molecule has 0 spiro atoms. The molecule has 0 amide bonds. The Morgan fingerprint density at radius 2 is 2.00 bits per heavy atom. The molecule has 3 heterocycles. The van der Waals surface area contributed by atoms with Crippen LogP contribution in [0.25, 0.3) is 11.8 Å². The van der Waals surface area contributed by atoms with Crippen LogP contribution < -0.4 is 14.9 Å². The van der Waals surface area contributed by atoms with Crippen LogP contribution >= 0.6 is 22.7 Å². The molecule has 0 fully saturated rings. The van der Waals surface area contributed by atoms with Crippen molar-refractivity contribution in [2.75, 3.05) is 0 Å². The van der Waals surface area contributed by atoms with E-state index in [1.54, 1.807) is 28.0 Å². The van der Waals surface area contributed by atoms with E-state index in [0.717, 1.165) is 34.6 Å². The first-order valence-corrected chi connectivity index (χ1v) is 12.3. The average molecular weight is 488 g/mol. The lowest BCUT2D eigenvalue weighted by molar-refractivity contribution is -0.385. The van der Waals surface area contributed by atoms with Gasteiger partial charge in [-0.1, -0.05) is 47.7 Å². The van der Waals surface area contributed by atoms with Crippen molar-refractivity contribution < 1.29 is 10.0 Å². The number of aromatic hydroxyl groups is 1. The van der Waals surface area contributed by atoms with Crippen molar-refractivity contribution in [1.29, 1.82) is 0 Å². The second-order valence-electron chi connectivity index (χ2n) is 8.13. The molecule has 1 aliphatic heterocycles. The second kappa shape index (κ2) is 7.89. The number of aryl methyl sites for hydroxylation is 1. The minimum atomic E-state index is -0.642. The highest BCUT2D eigenvalue weighted by Gasteiger charge is 2.33. The van der Waals surface area contributed by atoms with E-state index >= 15 is 0 Å². The number of aromatic nitrogens is 1. The molecule has 34 heavy (non-hydrogen) atoms. The summed E-state index contributed by atoms with van der Waals surface area (Å²) in [5, 5.41) is 23.0. The number of benzene rings is 2. The van der Waals surface area contributed by atoms with Gasteiger partial charge in [0, 0.05) is 16.5 Å². The fourth-order valence-corrected chi connectivity index (χ4v) is 6.49. The van der Waals surface area contributed by atoms with Crippen LogP contribution in [0.5, 0.6) is 5.75 Å². The summed E-state index contributed by atoms with van der Waals surface area (Å²) in [5.41, 5.74) is 4.33. The Morgan fingerprint density at radius 1 is 1.15 bits per heavy atom. The lowest BCUT2D eigenvalue weighted by Gasteiger charge is -2.30. The number of phenolic OH excluding ortho intramolecular Hbond substituents is 1. The number of thiazole rings is 1. The minimum Gasteiger partial charge on any atom is -0.502 e. The van der Waals surface area contributed by atoms with E-state index in [0.29, 0.717) is 14.9 Å². The van der Waals surface area contributed by atoms with E-state index in [1.165, 1.54) is 29.0 Å². The topological polar surface area (TPSA) is 97.7 Å². The lowest BCUT2D eigenvalue weighted by atomic mass is 9.85. The van der Waals surface area contributed by atoms with E-state index in [1.807, 2.05) is 29.6 Å². The van der Waals surface area contributed by atoms with Crippen LogP contribution in [-0.4, -0.2) is 14.6 Å².